The van der Waals surface area contributed by atoms with Gasteiger partial charge in [-0.1, -0.05) is 53.5 Å². The van der Waals surface area contributed by atoms with Gasteiger partial charge in [-0.3, -0.25) is 9.69 Å². The van der Waals surface area contributed by atoms with Crippen molar-refractivity contribution in [3.63, 3.8) is 0 Å². The number of carbonyl (C=O) groups excluding carboxylic acids is 1. The number of carbonyl (C=O) groups is 1. The third-order valence-electron chi connectivity index (χ3n) is 4.02. The van der Waals surface area contributed by atoms with Crippen molar-refractivity contribution >= 4 is 29.0 Å². The molecular weight excluding hydrogens is 317 g/mol. The molecule has 114 valence electrons. The highest BCUT2D eigenvalue weighted by atomic mass is 35.5. The zero-order chi connectivity index (χ0) is 15.5. The predicted molar refractivity (Wildman–Crippen MR) is 90.8 cm³/mol. The topological polar surface area (TPSA) is 20.3 Å². The summed E-state index contributed by atoms with van der Waals surface area (Å²) in [5, 5.41) is 0.716. The molecule has 1 saturated heterocycles. The van der Waals surface area contributed by atoms with Crippen molar-refractivity contribution in [3.05, 3.63) is 69.2 Å². The Hall–Kier alpha value is -1.35. The maximum Gasteiger partial charge on any atom is 0.194 e. The standard InChI is InChI=1S/C18H17Cl2NO/c19-16-5-3-4-15(17(16)20)18(22)14-8-6-13(7-9-14)12-21-10-1-2-11-21/h3-9H,1-2,10-12H2. The van der Waals surface area contributed by atoms with Gasteiger partial charge in [-0.2, -0.15) is 0 Å². The van der Waals surface area contributed by atoms with E-state index in [2.05, 4.69) is 4.90 Å². The number of hydrogen-bond donors (Lipinski definition) is 0. The second-order valence-corrected chi connectivity index (χ2v) is 6.40. The van der Waals surface area contributed by atoms with Crippen LogP contribution < -0.4 is 0 Å². The van der Waals surface area contributed by atoms with E-state index in [1.807, 2.05) is 24.3 Å². The molecule has 1 aliphatic heterocycles. The zero-order valence-electron chi connectivity index (χ0n) is 12.2. The van der Waals surface area contributed by atoms with Crippen molar-refractivity contribution in [3.8, 4) is 0 Å². The molecule has 0 bridgehead atoms. The van der Waals surface area contributed by atoms with Crippen molar-refractivity contribution in [2.75, 3.05) is 13.1 Å². The van der Waals surface area contributed by atoms with Crippen LogP contribution in [-0.2, 0) is 6.54 Å². The first-order valence-corrected chi connectivity index (χ1v) is 8.21. The van der Waals surface area contributed by atoms with Crippen molar-refractivity contribution in [2.45, 2.75) is 19.4 Å². The van der Waals surface area contributed by atoms with Crippen molar-refractivity contribution in [2.24, 2.45) is 0 Å². The number of ketones is 1. The van der Waals surface area contributed by atoms with Crippen LogP contribution in [-0.4, -0.2) is 23.8 Å². The average Bonchev–Trinajstić information content (AvgIpc) is 3.03. The van der Waals surface area contributed by atoms with Gasteiger partial charge in [0.2, 0.25) is 0 Å². The molecule has 0 atom stereocenters. The van der Waals surface area contributed by atoms with Crippen LogP contribution >= 0.6 is 23.2 Å². The summed E-state index contributed by atoms with van der Waals surface area (Å²) in [4.78, 5) is 15.0. The van der Waals surface area contributed by atoms with Gasteiger partial charge in [0.25, 0.3) is 0 Å². The van der Waals surface area contributed by atoms with Gasteiger partial charge < -0.3 is 0 Å². The highest BCUT2D eigenvalue weighted by Gasteiger charge is 2.15. The molecule has 0 saturated carbocycles. The van der Waals surface area contributed by atoms with E-state index in [0.717, 1.165) is 6.54 Å². The van der Waals surface area contributed by atoms with E-state index in [1.165, 1.54) is 31.5 Å². The Bertz CT molecular complexity index is 676. The lowest BCUT2D eigenvalue weighted by atomic mass is 10.0. The molecule has 22 heavy (non-hydrogen) atoms. The molecule has 4 heteroatoms. The Kier molecular flexibility index (Phi) is 4.82. The number of hydrogen-bond acceptors (Lipinski definition) is 2. The van der Waals surface area contributed by atoms with Crippen molar-refractivity contribution in [1.82, 2.24) is 4.90 Å². The van der Waals surface area contributed by atoms with Crippen LogP contribution in [0.1, 0.15) is 34.3 Å². The molecule has 2 nitrogen and oxygen atoms in total. The number of likely N-dealkylation sites (tertiary alicyclic amines) is 1. The zero-order valence-corrected chi connectivity index (χ0v) is 13.7. The van der Waals surface area contributed by atoms with Crippen LogP contribution in [0.3, 0.4) is 0 Å². The highest BCUT2D eigenvalue weighted by molar-refractivity contribution is 6.44. The van der Waals surface area contributed by atoms with Gasteiger partial charge in [-0.25, -0.2) is 0 Å². The monoisotopic (exact) mass is 333 g/mol. The minimum atomic E-state index is -0.0970. The van der Waals surface area contributed by atoms with Gasteiger partial charge >= 0.3 is 0 Å². The molecule has 0 spiro atoms. The van der Waals surface area contributed by atoms with Crippen LogP contribution in [0, 0.1) is 0 Å². The summed E-state index contributed by atoms with van der Waals surface area (Å²) in [6, 6.07) is 12.9. The number of halogens is 2. The Morgan fingerprint density at radius 3 is 2.36 bits per heavy atom. The fourth-order valence-corrected chi connectivity index (χ4v) is 3.18. The van der Waals surface area contributed by atoms with E-state index in [1.54, 1.807) is 18.2 Å². The second-order valence-electron chi connectivity index (χ2n) is 5.61. The van der Waals surface area contributed by atoms with Gasteiger partial charge in [-0.15, -0.1) is 0 Å². The molecule has 0 amide bonds. The van der Waals surface area contributed by atoms with Crippen LogP contribution in [0.25, 0.3) is 0 Å². The molecule has 1 aliphatic rings. The summed E-state index contributed by atoms with van der Waals surface area (Å²) < 4.78 is 0. The Labute approximate surface area is 140 Å². The first-order chi connectivity index (χ1) is 10.6. The van der Waals surface area contributed by atoms with Crippen LogP contribution in [0.4, 0.5) is 0 Å². The molecule has 0 unspecified atom stereocenters. The van der Waals surface area contributed by atoms with E-state index >= 15 is 0 Å². The summed E-state index contributed by atoms with van der Waals surface area (Å²) in [5.74, 6) is -0.0970. The lowest BCUT2D eigenvalue weighted by Gasteiger charge is -2.14. The summed E-state index contributed by atoms with van der Waals surface area (Å²) >= 11 is 12.1. The first-order valence-electron chi connectivity index (χ1n) is 7.45. The molecule has 0 radical (unpaired) electrons. The molecule has 2 aromatic rings. The fraction of sp³-hybridized carbons (Fsp3) is 0.278. The molecular formula is C18H17Cl2NO. The Balaban J connectivity index is 1.77. The lowest BCUT2D eigenvalue weighted by Crippen LogP contribution is -2.18. The van der Waals surface area contributed by atoms with Crippen LogP contribution in [0.15, 0.2) is 42.5 Å². The molecule has 0 aromatic heterocycles. The number of nitrogens with zero attached hydrogens (tertiary/aromatic N) is 1. The van der Waals surface area contributed by atoms with Gasteiger partial charge in [0.15, 0.2) is 5.78 Å². The van der Waals surface area contributed by atoms with E-state index in [-0.39, 0.29) is 5.78 Å². The highest BCUT2D eigenvalue weighted by Crippen LogP contribution is 2.27. The summed E-state index contributed by atoms with van der Waals surface area (Å²) in [6.07, 6.45) is 2.56. The van der Waals surface area contributed by atoms with Crippen molar-refractivity contribution < 1.29 is 4.79 Å². The molecule has 3 rings (SSSR count). The van der Waals surface area contributed by atoms with E-state index in [0.29, 0.717) is 21.2 Å². The Morgan fingerprint density at radius 2 is 1.68 bits per heavy atom. The Morgan fingerprint density at radius 1 is 1.00 bits per heavy atom. The van der Waals surface area contributed by atoms with E-state index in [9.17, 15) is 4.79 Å². The number of benzene rings is 2. The van der Waals surface area contributed by atoms with Gasteiger partial charge in [0, 0.05) is 17.7 Å². The van der Waals surface area contributed by atoms with Gasteiger partial charge in [-0.05, 0) is 43.6 Å². The summed E-state index contributed by atoms with van der Waals surface area (Å²) in [5.41, 5.74) is 2.31. The molecule has 0 aliphatic carbocycles. The van der Waals surface area contributed by atoms with E-state index in [4.69, 9.17) is 23.2 Å². The minimum Gasteiger partial charge on any atom is -0.299 e. The maximum absolute atomic E-state index is 12.5. The molecule has 0 N–H and O–H groups in total. The normalized spacial score (nSPS) is 15.2. The smallest absolute Gasteiger partial charge is 0.194 e. The predicted octanol–water partition coefficient (Wildman–Crippen LogP) is 4.82. The van der Waals surface area contributed by atoms with Gasteiger partial charge in [0.05, 0.1) is 10.0 Å². The van der Waals surface area contributed by atoms with Crippen LogP contribution in [0.2, 0.25) is 10.0 Å². The third-order valence-corrected chi connectivity index (χ3v) is 4.84. The second kappa shape index (κ2) is 6.82. The number of rotatable bonds is 4. The summed E-state index contributed by atoms with van der Waals surface area (Å²) in [7, 11) is 0. The maximum atomic E-state index is 12.5. The van der Waals surface area contributed by atoms with E-state index < -0.39 is 0 Å². The summed E-state index contributed by atoms with van der Waals surface area (Å²) in [6.45, 7) is 3.28. The minimum absolute atomic E-state index is 0.0970. The molecule has 1 heterocycles. The SMILES string of the molecule is O=C(c1ccc(CN2CCCC2)cc1)c1cccc(Cl)c1Cl. The van der Waals surface area contributed by atoms with Crippen molar-refractivity contribution in [1.29, 1.82) is 0 Å². The average molecular weight is 334 g/mol. The largest absolute Gasteiger partial charge is 0.299 e. The van der Waals surface area contributed by atoms with Crippen LogP contribution in [0.5, 0.6) is 0 Å². The quantitative estimate of drug-likeness (QED) is 0.747. The fourth-order valence-electron chi connectivity index (χ4n) is 2.80. The van der Waals surface area contributed by atoms with Gasteiger partial charge in [0.1, 0.15) is 0 Å². The molecule has 1 fully saturated rings. The third kappa shape index (κ3) is 3.35. The first kappa shape index (κ1) is 15.5. The molecule has 2 aromatic carbocycles. The lowest BCUT2D eigenvalue weighted by molar-refractivity contribution is 0.103.